The van der Waals surface area contributed by atoms with Crippen LogP contribution in [0.25, 0.3) is 0 Å². The largest absolute Gasteiger partial charge is 0.317 e. The quantitative estimate of drug-likeness (QED) is 0.879. The van der Waals surface area contributed by atoms with Crippen LogP contribution in [-0.2, 0) is 6.54 Å². The maximum Gasteiger partial charge on any atom is 0.0233 e. The molecule has 0 unspecified atom stereocenters. The van der Waals surface area contributed by atoms with Crippen molar-refractivity contribution >= 4 is 0 Å². The molecule has 0 aromatic heterocycles. The molecule has 1 aromatic rings. The van der Waals surface area contributed by atoms with Gasteiger partial charge >= 0.3 is 0 Å². The van der Waals surface area contributed by atoms with E-state index in [4.69, 9.17) is 0 Å². The number of benzene rings is 1. The molecule has 0 aliphatic carbocycles. The lowest BCUT2D eigenvalue weighted by Crippen LogP contribution is -2.34. The lowest BCUT2D eigenvalue weighted by atomic mass is 9.97. The highest BCUT2D eigenvalue weighted by atomic mass is 15.1. The lowest BCUT2D eigenvalue weighted by Gasteiger charge is -2.28. The number of nitrogens with zero attached hydrogens (tertiary/aromatic N) is 1. The zero-order chi connectivity index (χ0) is 13.0. The standard InChI is InChI=1S/C16H26N2/c1-13-4-5-16(14(2)10-13)12-18(3)11-15-6-8-17-9-7-15/h4-5,10,15,17H,6-9,11-12H2,1-3H3. The van der Waals surface area contributed by atoms with E-state index >= 15 is 0 Å². The summed E-state index contributed by atoms with van der Waals surface area (Å²) in [5, 5.41) is 3.43. The molecular weight excluding hydrogens is 220 g/mol. The minimum atomic E-state index is 0.877. The summed E-state index contributed by atoms with van der Waals surface area (Å²) < 4.78 is 0. The van der Waals surface area contributed by atoms with Gasteiger partial charge in [0.2, 0.25) is 0 Å². The third-order valence-corrected chi connectivity index (χ3v) is 3.97. The molecule has 1 heterocycles. The van der Waals surface area contributed by atoms with Crippen LogP contribution in [0.2, 0.25) is 0 Å². The van der Waals surface area contributed by atoms with Gasteiger partial charge in [-0.3, -0.25) is 0 Å². The van der Waals surface area contributed by atoms with Gasteiger partial charge in [-0.1, -0.05) is 23.8 Å². The third kappa shape index (κ3) is 3.82. The highest BCUT2D eigenvalue weighted by Gasteiger charge is 2.15. The summed E-state index contributed by atoms with van der Waals surface area (Å²) in [5.74, 6) is 0.877. The van der Waals surface area contributed by atoms with E-state index in [1.165, 1.54) is 49.2 Å². The van der Waals surface area contributed by atoms with E-state index in [1.54, 1.807) is 0 Å². The van der Waals surface area contributed by atoms with Crippen LogP contribution in [0.4, 0.5) is 0 Å². The summed E-state index contributed by atoms with van der Waals surface area (Å²) in [6.45, 7) is 9.09. The summed E-state index contributed by atoms with van der Waals surface area (Å²) in [5.41, 5.74) is 4.25. The molecule has 0 saturated carbocycles. The Balaban J connectivity index is 1.87. The zero-order valence-electron chi connectivity index (χ0n) is 12.0. The van der Waals surface area contributed by atoms with Gasteiger partial charge in [0, 0.05) is 13.1 Å². The van der Waals surface area contributed by atoms with Crippen molar-refractivity contribution in [2.24, 2.45) is 5.92 Å². The molecule has 0 amide bonds. The maximum absolute atomic E-state index is 3.43. The van der Waals surface area contributed by atoms with Crippen LogP contribution in [0.5, 0.6) is 0 Å². The van der Waals surface area contributed by atoms with Gasteiger partial charge in [-0.2, -0.15) is 0 Å². The molecule has 1 aliphatic rings. The fourth-order valence-corrected chi connectivity index (χ4v) is 2.88. The van der Waals surface area contributed by atoms with Gasteiger partial charge in [0.15, 0.2) is 0 Å². The highest BCUT2D eigenvalue weighted by Crippen LogP contribution is 2.16. The Kier molecular flexibility index (Phi) is 4.79. The van der Waals surface area contributed by atoms with Crippen molar-refractivity contribution in [1.82, 2.24) is 10.2 Å². The van der Waals surface area contributed by atoms with Crippen molar-refractivity contribution in [3.8, 4) is 0 Å². The third-order valence-electron chi connectivity index (χ3n) is 3.97. The molecule has 100 valence electrons. The fraction of sp³-hybridized carbons (Fsp3) is 0.625. The summed E-state index contributed by atoms with van der Waals surface area (Å²) in [7, 11) is 2.25. The summed E-state index contributed by atoms with van der Waals surface area (Å²) in [4.78, 5) is 2.48. The van der Waals surface area contributed by atoms with Gasteiger partial charge in [-0.15, -0.1) is 0 Å². The van der Waals surface area contributed by atoms with E-state index in [2.05, 4.69) is 49.3 Å². The monoisotopic (exact) mass is 246 g/mol. The first-order valence-corrected chi connectivity index (χ1v) is 7.10. The number of rotatable bonds is 4. The number of piperidine rings is 1. The number of hydrogen-bond acceptors (Lipinski definition) is 2. The van der Waals surface area contributed by atoms with E-state index in [1.807, 2.05) is 0 Å². The number of nitrogens with one attached hydrogen (secondary N) is 1. The van der Waals surface area contributed by atoms with Crippen LogP contribution in [-0.4, -0.2) is 31.6 Å². The Morgan fingerprint density at radius 2 is 1.94 bits per heavy atom. The maximum atomic E-state index is 3.43. The second-order valence-corrected chi connectivity index (χ2v) is 5.82. The number of aryl methyl sites for hydroxylation is 2. The van der Waals surface area contributed by atoms with Crippen LogP contribution in [0, 0.1) is 19.8 Å². The molecule has 1 fully saturated rings. The second-order valence-electron chi connectivity index (χ2n) is 5.82. The van der Waals surface area contributed by atoms with Gasteiger partial charge in [0.25, 0.3) is 0 Å². The molecule has 0 atom stereocenters. The smallest absolute Gasteiger partial charge is 0.0233 e. The van der Waals surface area contributed by atoms with Crippen LogP contribution in [0.3, 0.4) is 0 Å². The average molecular weight is 246 g/mol. The van der Waals surface area contributed by atoms with Crippen LogP contribution >= 0.6 is 0 Å². The Labute approximate surface area is 111 Å². The molecule has 0 radical (unpaired) electrons. The van der Waals surface area contributed by atoms with Crippen molar-refractivity contribution in [2.45, 2.75) is 33.2 Å². The molecule has 0 spiro atoms. The molecular formula is C16H26N2. The average Bonchev–Trinajstić information content (AvgIpc) is 2.34. The predicted octanol–water partition coefficient (Wildman–Crippen LogP) is 2.73. The normalized spacial score (nSPS) is 17.3. The van der Waals surface area contributed by atoms with Crippen LogP contribution in [0.1, 0.15) is 29.5 Å². The Morgan fingerprint density at radius 3 is 2.61 bits per heavy atom. The van der Waals surface area contributed by atoms with E-state index < -0.39 is 0 Å². The molecule has 0 bridgehead atoms. The van der Waals surface area contributed by atoms with Crippen molar-refractivity contribution in [1.29, 1.82) is 0 Å². The lowest BCUT2D eigenvalue weighted by molar-refractivity contribution is 0.234. The minimum Gasteiger partial charge on any atom is -0.317 e. The van der Waals surface area contributed by atoms with Crippen molar-refractivity contribution in [3.63, 3.8) is 0 Å². The first-order valence-electron chi connectivity index (χ1n) is 7.10. The zero-order valence-corrected chi connectivity index (χ0v) is 12.0. The molecule has 2 nitrogen and oxygen atoms in total. The van der Waals surface area contributed by atoms with Gasteiger partial charge in [-0.05, 0) is 63.9 Å². The van der Waals surface area contributed by atoms with Crippen molar-refractivity contribution < 1.29 is 0 Å². The van der Waals surface area contributed by atoms with Gasteiger partial charge in [0.05, 0.1) is 0 Å². The molecule has 1 saturated heterocycles. The Hall–Kier alpha value is -0.860. The summed E-state index contributed by atoms with van der Waals surface area (Å²) in [6.07, 6.45) is 2.66. The molecule has 2 rings (SSSR count). The fourth-order valence-electron chi connectivity index (χ4n) is 2.88. The van der Waals surface area contributed by atoms with Gasteiger partial charge < -0.3 is 10.2 Å². The summed E-state index contributed by atoms with van der Waals surface area (Å²) in [6, 6.07) is 6.79. The molecule has 2 heteroatoms. The van der Waals surface area contributed by atoms with Crippen LogP contribution in [0.15, 0.2) is 18.2 Å². The number of hydrogen-bond donors (Lipinski definition) is 1. The molecule has 1 aliphatic heterocycles. The van der Waals surface area contributed by atoms with E-state index in [-0.39, 0.29) is 0 Å². The molecule has 1 N–H and O–H groups in total. The van der Waals surface area contributed by atoms with Crippen molar-refractivity contribution in [3.05, 3.63) is 34.9 Å². The van der Waals surface area contributed by atoms with Gasteiger partial charge in [-0.25, -0.2) is 0 Å². The minimum absolute atomic E-state index is 0.877. The first-order chi connectivity index (χ1) is 8.65. The van der Waals surface area contributed by atoms with E-state index in [0.717, 1.165) is 12.5 Å². The second kappa shape index (κ2) is 6.35. The topological polar surface area (TPSA) is 15.3 Å². The van der Waals surface area contributed by atoms with E-state index in [0.29, 0.717) is 0 Å². The van der Waals surface area contributed by atoms with Crippen molar-refractivity contribution in [2.75, 3.05) is 26.7 Å². The molecule has 18 heavy (non-hydrogen) atoms. The Morgan fingerprint density at radius 1 is 1.22 bits per heavy atom. The SMILES string of the molecule is Cc1ccc(CN(C)CC2CCNCC2)c(C)c1. The molecule has 1 aromatic carbocycles. The van der Waals surface area contributed by atoms with E-state index in [9.17, 15) is 0 Å². The highest BCUT2D eigenvalue weighted by molar-refractivity contribution is 5.30. The van der Waals surface area contributed by atoms with Crippen LogP contribution < -0.4 is 5.32 Å². The summed E-state index contributed by atoms with van der Waals surface area (Å²) >= 11 is 0. The Bertz CT molecular complexity index is 381. The first kappa shape index (κ1) is 13.6. The predicted molar refractivity (Wildman–Crippen MR) is 77.8 cm³/mol. The van der Waals surface area contributed by atoms with Gasteiger partial charge in [0.1, 0.15) is 0 Å².